The molecule has 1 aromatic carbocycles. The van der Waals surface area contributed by atoms with Gasteiger partial charge in [-0.05, 0) is 25.0 Å². The van der Waals surface area contributed by atoms with Crippen molar-refractivity contribution < 1.29 is 13.9 Å². The first-order valence-electron chi connectivity index (χ1n) is 7.60. The van der Waals surface area contributed by atoms with Gasteiger partial charge < -0.3 is 9.64 Å². The van der Waals surface area contributed by atoms with Gasteiger partial charge in [-0.15, -0.1) is 0 Å². The topological polar surface area (TPSA) is 79.1 Å². The zero-order valence-electron chi connectivity index (χ0n) is 12.9. The highest BCUT2D eigenvalue weighted by molar-refractivity contribution is 5.94. The maximum absolute atomic E-state index is 13.8. The Kier molecular flexibility index (Phi) is 4.66. The van der Waals surface area contributed by atoms with Crippen molar-refractivity contribution in [1.82, 2.24) is 14.9 Å². The first kappa shape index (κ1) is 15.9. The molecule has 1 amide bonds. The number of aromatic nitrogens is 2. The molecular weight excluding hydrogens is 311 g/mol. The van der Waals surface area contributed by atoms with E-state index in [0.717, 1.165) is 12.8 Å². The summed E-state index contributed by atoms with van der Waals surface area (Å²) in [5, 5.41) is 9.03. The fraction of sp³-hybridized carbons (Fsp3) is 0.294. The normalized spacial score (nSPS) is 17.2. The highest BCUT2D eigenvalue weighted by Gasteiger charge is 2.27. The third-order valence-corrected chi connectivity index (χ3v) is 3.82. The highest BCUT2D eigenvalue weighted by Crippen LogP contribution is 2.20. The van der Waals surface area contributed by atoms with E-state index in [0.29, 0.717) is 13.1 Å². The van der Waals surface area contributed by atoms with Crippen LogP contribution >= 0.6 is 0 Å². The van der Waals surface area contributed by atoms with Crippen molar-refractivity contribution in [2.75, 3.05) is 13.1 Å². The van der Waals surface area contributed by atoms with Crippen molar-refractivity contribution in [3.63, 3.8) is 0 Å². The summed E-state index contributed by atoms with van der Waals surface area (Å²) < 4.78 is 19.5. The van der Waals surface area contributed by atoms with Crippen LogP contribution in [0.15, 0.2) is 36.7 Å². The number of nitriles is 1. The molecule has 122 valence electrons. The molecular formula is C17H15FN4O2. The minimum absolute atomic E-state index is 0.0513. The van der Waals surface area contributed by atoms with Gasteiger partial charge >= 0.3 is 0 Å². The molecule has 1 aliphatic heterocycles. The third kappa shape index (κ3) is 3.33. The molecule has 0 radical (unpaired) electrons. The van der Waals surface area contributed by atoms with Gasteiger partial charge in [-0.3, -0.25) is 4.79 Å². The Morgan fingerprint density at radius 3 is 2.92 bits per heavy atom. The average Bonchev–Trinajstić information content (AvgIpc) is 2.62. The van der Waals surface area contributed by atoms with E-state index in [9.17, 15) is 9.18 Å². The van der Waals surface area contributed by atoms with Crippen molar-refractivity contribution >= 4 is 5.91 Å². The largest absolute Gasteiger partial charge is 0.470 e. The summed E-state index contributed by atoms with van der Waals surface area (Å²) in [6, 6.07) is 7.84. The second-order valence-electron chi connectivity index (χ2n) is 5.44. The van der Waals surface area contributed by atoms with Crippen LogP contribution in [-0.2, 0) is 0 Å². The van der Waals surface area contributed by atoms with E-state index < -0.39 is 5.82 Å². The van der Waals surface area contributed by atoms with Crippen molar-refractivity contribution in [3.8, 4) is 11.9 Å². The van der Waals surface area contributed by atoms with E-state index in [1.54, 1.807) is 17.0 Å². The van der Waals surface area contributed by atoms with Gasteiger partial charge in [-0.2, -0.15) is 5.26 Å². The van der Waals surface area contributed by atoms with E-state index in [-0.39, 0.29) is 29.1 Å². The molecule has 24 heavy (non-hydrogen) atoms. The van der Waals surface area contributed by atoms with Crippen molar-refractivity contribution in [1.29, 1.82) is 5.26 Å². The molecule has 2 heterocycles. The zero-order valence-corrected chi connectivity index (χ0v) is 12.9. The lowest BCUT2D eigenvalue weighted by atomic mass is 10.1. The molecule has 1 atom stereocenters. The molecule has 0 aliphatic carbocycles. The lowest BCUT2D eigenvalue weighted by molar-refractivity contribution is 0.0522. The molecule has 1 aromatic heterocycles. The van der Waals surface area contributed by atoms with Crippen LogP contribution in [0.1, 0.15) is 28.9 Å². The van der Waals surface area contributed by atoms with Crippen LogP contribution in [0.25, 0.3) is 0 Å². The van der Waals surface area contributed by atoms with Crippen LogP contribution in [0.5, 0.6) is 5.88 Å². The van der Waals surface area contributed by atoms with Crippen LogP contribution in [0.4, 0.5) is 4.39 Å². The predicted octanol–water partition coefficient (Wildman–Crippen LogP) is 2.17. The molecule has 1 unspecified atom stereocenters. The van der Waals surface area contributed by atoms with E-state index >= 15 is 0 Å². The van der Waals surface area contributed by atoms with E-state index in [2.05, 4.69) is 9.97 Å². The van der Waals surface area contributed by atoms with Crippen LogP contribution < -0.4 is 4.74 Å². The maximum Gasteiger partial charge on any atom is 0.256 e. The Hall–Kier alpha value is -3.01. The number of rotatable bonds is 3. The van der Waals surface area contributed by atoms with Crippen LogP contribution in [0, 0.1) is 17.1 Å². The predicted molar refractivity (Wildman–Crippen MR) is 82.7 cm³/mol. The Labute approximate surface area is 138 Å². The number of carbonyl (C=O) groups is 1. The Bertz CT molecular complexity index is 790. The fourth-order valence-electron chi connectivity index (χ4n) is 2.67. The standard InChI is InChI=1S/C17H15FN4O2/c18-14-6-2-1-5-13(14)17(23)22-9-3-4-12(11-22)24-16-15(10-19)20-7-8-21-16/h1-2,5-8,12H,3-4,9,11H2. The lowest BCUT2D eigenvalue weighted by Crippen LogP contribution is -2.44. The molecule has 1 aliphatic rings. The average molecular weight is 326 g/mol. The summed E-state index contributed by atoms with van der Waals surface area (Å²) in [4.78, 5) is 22.0. The summed E-state index contributed by atoms with van der Waals surface area (Å²) >= 11 is 0. The molecule has 0 N–H and O–H groups in total. The van der Waals surface area contributed by atoms with Gasteiger partial charge in [0.25, 0.3) is 11.8 Å². The lowest BCUT2D eigenvalue weighted by Gasteiger charge is -2.32. The Balaban J connectivity index is 1.72. The minimum atomic E-state index is -0.536. The van der Waals surface area contributed by atoms with Crippen LogP contribution in [0.3, 0.4) is 0 Å². The van der Waals surface area contributed by atoms with Crippen molar-refractivity contribution in [2.45, 2.75) is 18.9 Å². The molecule has 2 aromatic rings. The van der Waals surface area contributed by atoms with Gasteiger partial charge in [-0.25, -0.2) is 14.4 Å². The van der Waals surface area contributed by atoms with E-state index in [1.807, 2.05) is 6.07 Å². The molecule has 0 spiro atoms. The fourth-order valence-corrected chi connectivity index (χ4v) is 2.67. The van der Waals surface area contributed by atoms with Gasteiger partial charge in [0.05, 0.1) is 12.1 Å². The number of nitrogens with zero attached hydrogens (tertiary/aromatic N) is 4. The summed E-state index contributed by atoms with van der Waals surface area (Å²) in [5.41, 5.74) is 0.158. The number of hydrogen-bond acceptors (Lipinski definition) is 5. The maximum atomic E-state index is 13.8. The third-order valence-electron chi connectivity index (χ3n) is 3.82. The quantitative estimate of drug-likeness (QED) is 0.863. The summed E-state index contributed by atoms with van der Waals surface area (Å²) in [6.45, 7) is 0.854. The zero-order chi connectivity index (χ0) is 16.9. The monoisotopic (exact) mass is 326 g/mol. The molecule has 0 saturated carbocycles. The first-order valence-corrected chi connectivity index (χ1v) is 7.60. The number of amides is 1. The number of carbonyl (C=O) groups excluding carboxylic acids is 1. The van der Waals surface area contributed by atoms with Gasteiger partial charge in [0.2, 0.25) is 5.69 Å². The number of likely N-dealkylation sites (tertiary alicyclic amines) is 1. The number of piperidine rings is 1. The van der Waals surface area contributed by atoms with Crippen molar-refractivity contribution in [2.24, 2.45) is 0 Å². The summed E-state index contributed by atoms with van der Waals surface area (Å²) in [5.74, 6) is -0.738. The number of benzene rings is 1. The molecule has 3 rings (SSSR count). The number of hydrogen-bond donors (Lipinski definition) is 0. The second-order valence-corrected chi connectivity index (χ2v) is 5.44. The smallest absolute Gasteiger partial charge is 0.256 e. The van der Waals surface area contributed by atoms with E-state index in [4.69, 9.17) is 10.00 Å². The van der Waals surface area contributed by atoms with Gasteiger partial charge in [0, 0.05) is 18.9 Å². The molecule has 1 fully saturated rings. The molecule has 7 heteroatoms. The van der Waals surface area contributed by atoms with Crippen LogP contribution in [-0.4, -0.2) is 40.0 Å². The minimum Gasteiger partial charge on any atom is -0.470 e. The first-order chi connectivity index (χ1) is 11.7. The van der Waals surface area contributed by atoms with Crippen molar-refractivity contribution in [3.05, 3.63) is 53.7 Å². The van der Waals surface area contributed by atoms with Crippen LogP contribution in [0.2, 0.25) is 0 Å². The Morgan fingerprint density at radius 2 is 2.12 bits per heavy atom. The highest BCUT2D eigenvalue weighted by atomic mass is 19.1. The second kappa shape index (κ2) is 7.04. The Morgan fingerprint density at radius 1 is 1.33 bits per heavy atom. The van der Waals surface area contributed by atoms with Gasteiger partial charge in [-0.1, -0.05) is 12.1 Å². The number of halogens is 1. The SMILES string of the molecule is N#Cc1nccnc1OC1CCCN(C(=O)c2ccccc2F)C1. The summed E-state index contributed by atoms with van der Waals surface area (Å²) in [7, 11) is 0. The molecule has 6 nitrogen and oxygen atoms in total. The van der Waals surface area contributed by atoms with Gasteiger partial charge in [0.1, 0.15) is 18.0 Å². The van der Waals surface area contributed by atoms with Gasteiger partial charge in [0.15, 0.2) is 0 Å². The van der Waals surface area contributed by atoms with E-state index in [1.165, 1.54) is 24.5 Å². The number of ether oxygens (including phenoxy) is 1. The molecule has 0 bridgehead atoms. The summed E-state index contributed by atoms with van der Waals surface area (Å²) in [6.07, 6.45) is 4.01. The molecule has 1 saturated heterocycles.